The molecule has 1 rings (SSSR count). The number of benzene rings is 1. The number of nitro groups is 1. The van der Waals surface area contributed by atoms with E-state index in [1.165, 1.54) is 18.2 Å². The van der Waals surface area contributed by atoms with E-state index in [1.807, 2.05) is 0 Å². The van der Waals surface area contributed by atoms with Crippen molar-refractivity contribution in [1.29, 1.82) is 0 Å². The summed E-state index contributed by atoms with van der Waals surface area (Å²) < 4.78 is 10.0. The summed E-state index contributed by atoms with van der Waals surface area (Å²) in [6, 6.07) is 4.10. The summed E-state index contributed by atoms with van der Waals surface area (Å²) in [5.41, 5.74) is 0.558. The second kappa shape index (κ2) is 7.32. The van der Waals surface area contributed by atoms with Crippen LogP contribution in [0.3, 0.4) is 0 Å². The van der Waals surface area contributed by atoms with Crippen molar-refractivity contribution in [3.05, 3.63) is 33.9 Å². The third kappa shape index (κ3) is 4.92. The summed E-state index contributed by atoms with van der Waals surface area (Å²) in [4.78, 5) is 20.7. The van der Waals surface area contributed by atoms with Crippen molar-refractivity contribution in [2.75, 3.05) is 20.3 Å². The predicted molar refractivity (Wildman–Crippen MR) is 66.4 cm³/mol. The van der Waals surface area contributed by atoms with Gasteiger partial charge in [-0.3, -0.25) is 10.1 Å². The number of rotatable bonds is 8. The molecule has 0 heterocycles. The molecule has 7 nitrogen and oxygen atoms in total. The minimum absolute atomic E-state index is 0.0462. The molecule has 1 aromatic rings. The van der Waals surface area contributed by atoms with Gasteiger partial charge in [-0.1, -0.05) is 0 Å². The first-order chi connectivity index (χ1) is 9.04. The number of aryl methyl sites for hydroxylation is 1. The lowest BCUT2D eigenvalue weighted by molar-refractivity contribution is -0.384. The number of carboxylic acids is 1. The van der Waals surface area contributed by atoms with Gasteiger partial charge in [0.25, 0.3) is 5.69 Å². The van der Waals surface area contributed by atoms with Gasteiger partial charge in [0, 0.05) is 31.4 Å². The highest BCUT2D eigenvalue weighted by Gasteiger charge is 2.12. The van der Waals surface area contributed by atoms with Gasteiger partial charge >= 0.3 is 5.97 Å². The van der Waals surface area contributed by atoms with Crippen LogP contribution in [-0.2, 0) is 16.0 Å². The van der Waals surface area contributed by atoms with Gasteiger partial charge in [-0.25, -0.2) is 4.79 Å². The third-order valence-electron chi connectivity index (χ3n) is 2.40. The van der Waals surface area contributed by atoms with Crippen molar-refractivity contribution in [3.8, 4) is 5.75 Å². The zero-order valence-corrected chi connectivity index (χ0v) is 10.5. The number of hydrogen-bond donors (Lipinski definition) is 1. The summed E-state index contributed by atoms with van der Waals surface area (Å²) >= 11 is 0. The molecule has 0 aliphatic rings. The number of non-ortho nitro benzene ring substituents is 1. The third-order valence-corrected chi connectivity index (χ3v) is 2.40. The van der Waals surface area contributed by atoms with Crippen molar-refractivity contribution < 1.29 is 24.3 Å². The molecule has 0 spiro atoms. The van der Waals surface area contributed by atoms with Crippen LogP contribution in [0.15, 0.2) is 18.2 Å². The quantitative estimate of drug-likeness (QED) is 0.437. The van der Waals surface area contributed by atoms with Gasteiger partial charge in [-0.2, -0.15) is 0 Å². The van der Waals surface area contributed by atoms with E-state index in [9.17, 15) is 14.9 Å². The van der Waals surface area contributed by atoms with Gasteiger partial charge in [0.1, 0.15) is 5.75 Å². The number of nitro benzene ring substituents is 1. The smallest absolute Gasteiger partial charge is 0.341 e. The van der Waals surface area contributed by atoms with Crippen LogP contribution in [0.1, 0.15) is 12.0 Å². The lowest BCUT2D eigenvalue weighted by atomic mass is 10.1. The fourth-order valence-corrected chi connectivity index (χ4v) is 1.56. The number of carboxylic acid groups (broad SMARTS) is 1. The van der Waals surface area contributed by atoms with Crippen LogP contribution in [-0.4, -0.2) is 36.3 Å². The van der Waals surface area contributed by atoms with E-state index < -0.39 is 17.5 Å². The molecule has 0 radical (unpaired) electrons. The molecule has 19 heavy (non-hydrogen) atoms. The lowest BCUT2D eigenvalue weighted by Gasteiger charge is -2.09. The first-order valence-corrected chi connectivity index (χ1v) is 5.65. The van der Waals surface area contributed by atoms with E-state index in [0.29, 0.717) is 30.8 Å². The van der Waals surface area contributed by atoms with Crippen LogP contribution in [0.2, 0.25) is 0 Å². The summed E-state index contributed by atoms with van der Waals surface area (Å²) in [7, 11) is 1.56. The minimum atomic E-state index is -1.10. The average Bonchev–Trinajstić information content (AvgIpc) is 2.37. The standard InChI is InChI=1S/C12H15NO6/c1-18-6-2-3-9-7-10(13(16)17)4-5-11(9)19-8-12(14)15/h4-5,7H,2-3,6,8H2,1H3,(H,14,15). The zero-order chi connectivity index (χ0) is 14.3. The molecular formula is C12H15NO6. The Balaban J connectivity index is 2.86. The van der Waals surface area contributed by atoms with Crippen LogP contribution < -0.4 is 4.74 Å². The average molecular weight is 269 g/mol. The Hall–Kier alpha value is -2.15. The molecule has 7 heteroatoms. The zero-order valence-electron chi connectivity index (χ0n) is 10.5. The lowest BCUT2D eigenvalue weighted by Crippen LogP contribution is -2.11. The van der Waals surface area contributed by atoms with E-state index in [2.05, 4.69) is 0 Å². The molecule has 1 aromatic carbocycles. The van der Waals surface area contributed by atoms with E-state index in [4.69, 9.17) is 14.6 Å². The maximum absolute atomic E-state index is 10.7. The first-order valence-electron chi connectivity index (χ1n) is 5.65. The second-order valence-electron chi connectivity index (χ2n) is 3.83. The maximum Gasteiger partial charge on any atom is 0.341 e. The number of nitrogens with zero attached hydrogens (tertiary/aromatic N) is 1. The molecule has 104 valence electrons. The highest BCUT2D eigenvalue weighted by Crippen LogP contribution is 2.25. The topological polar surface area (TPSA) is 98.9 Å². The van der Waals surface area contributed by atoms with Gasteiger partial charge in [0.05, 0.1) is 4.92 Å². The van der Waals surface area contributed by atoms with Gasteiger partial charge in [0.2, 0.25) is 0 Å². The van der Waals surface area contributed by atoms with E-state index >= 15 is 0 Å². The van der Waals surface area contributed by atoms with Crippen molar-refractivity contribution in [1.82, 2.24) is 0 Å². The number of aliphatic carboxylic acids is 1. The van der Waals surface area contributed by atoms with Gasteiger partial charge < -0.3 is 14.6 Å². The highest BCUT2D eigenvalue weighted by molar-refractivity contribution is 5.68. The number of hydrogen-bond acceptors (Lipinski definition) is 5. The van der Waals surface area contributed by atoms with Crippen LogP contribution >= 0.6 is 0 Å². The van der Waals surface area contributed by atoms with Crippen molar-refractivity contribution in [3.63, 3.8) is 0 Å². The fourth-order valence-electron chi connectivity index (χ4n) is 1.56. The number of ether oxygens (including phenoxy) is 2. The highest BCUT2D eigenvalue weighted by atomic mass is 16.6. The Morgan fingerprint density at radius 1 is 1.47 bits per heavy atom. The summed E-state index contributed by atoms with van der Waals surface area (Å²) in [5.74, 6) is -0.745. The summed E-state index contributed by atoms with van der Waals surface area (Å²) in [5, 5.41) is 19.3. The normalized spacial score (nSPS) is 10.2. The maximum atomic E-state index is 10.7. The van der Waals surface area contributed by atoms with Gasteiger partial charge in [0.15, 0.2) is 6.61 Å². The van der Waals surface area contributed by atoms with Crippen LogP contribution in [0.25, 0.3) is 0 Å². The molecule has 0 atom stereocenters. The summed E-state index contributed by atoms with van der Waals surface area (Å²) in [6.07, 6.45) is 1.19. The molecular weight excluding hydrogens is 254 g/mol. The molecule has 0 aromatic heterocycles. The Morgan fingerprint density at radius 3 is 2.79 bits per heavy atom. The van der Waals surface area contributed by atoms with Crippen LogP contribution in [0, 0.1) is 10.1 Å². The molecule has 0 aliphatic carbocycles. The van der Waals surface area contributed by atoms with Crippen LogP contribution in [0.5, 0.6) is 5.75 Å². The monoisotopic (exact) mass is 269 g/mol. The fraction of sp³-hybridized carbons (Fsp3) is 0.417. The Kier molecular flexibility index (Phi) is 5.74. The largest absolute Gasteiger partial charge is 0.482 e. The summed E-state index contributed by atoms with van der Waals surface area (Å²) in [6.45, 7) is 0.0378. The van der Waals surface area contributed by atoms with E-state index in [-0.39, 0.29) is 5.69 Å². The Bertz CT molecular complexity index is 460. The van der Waals surface area contributed by atoms with Gasteiger partial charge in [-0.05, 0) is 18.9 Å². The number of methoxy groups -OCH3 is 1. The first kappa shape index (κ1) is 14.9. The van der Waals surface area contributed by atoms with Crippen LogP contribution in [0.4, 0.5) is 5.69 Å². The molecule has 0 unspecified atom stereocenters. The Labute approximate surface area is 109 Å². The van der Waals surface area contributed by atoms with E-state index in [1.54, 1.807) is 7.11 Å². The molecule has 0 fully saturated rings. The molecule has 0 aliphatic heterocycles. The predicted octanol–water partition coefficient (Wildman–Crippen LogP) is 1.64. The molecule has 0 amide bonds. The molecule has 0 saturated heterocycles. The molecule has 1 N–H and O–H groups in total. The minimum Gasteiger partial charge on any atom is -0.482 e. The molecule has 0 bridgehead atoms. The van der Waals surface area contributed by atoms with Crippen molar-refractivity contribution in [2.24, 2.45) is 0 Å². The Morgan fingerprint density at radius 2 is 2.21 bits per heavy atom. The van der Waals surface area contributed by atoms with Crippen molar-refractivity contribution >= 4 is 11.7 Å². The van der Waals surface area contributed by atoms with Gasteiger partial charge in [-0.15, -0.1) is 0 Å². The van der Waals surface area contributed by atoms with E-state index in [0.717, 1.165) is 0 Å². The molecule has 0 saturated carbocycles. The SMILES string of the molecule is COCCCc1cc([N+](=O)[O-])ccc1OCC(=O)O. The second-order valence-corrected chi connectivity index (χ2v) is 3.83. The number of carbonyl (C=O) groups is 1. The van der Waals surface area contributed by atoms with Crippen molar-refractivity contribution in [2.45, 2.75) is 12.8 Å².